The van der Waals surface area contributed by atoms with Crippen molar-refractivity contribution in [2.24, 2.45) is 5.41 Å². The molecule has 10 heteroatoms. The average Bonchev–Trinajstić information content (AvgIpc) is 2.95. The molecule has 0 aromatic heterocycles. The first-order chi connectivity index (χ1) is 20.8. The molecule has 0 heterocycles. The Balaban J connectivity index is 3.98. The van der Waals surface area contributed by atoms with Gasteiger partial charge in [0, 0.05) is 51.7 Å². The minimum absolute atomic E-state index is 0.0161. The van der Waals surface area contributed by atoms with E-state index in [0.29, 0.717) is 32.6 Å². The summed E-state index contributed by atoms with van der Waals surface area (Å²) in [5.41, 5.74) is -0.401. The van der Waals surface area contributed by atoms with Crippen LogP contribution in [-0.2, 0) is 28.7 Å². The first-order valence-corrected chi connectivity index (χ1v) is 16.8. The molecule has 0 aromatic rings. The van der Waals surface area contributed by atoms with E-state index in [2.05, 4.69) is 0 Å². The molecule has 0 aliphatic carbocycles. The standard InChI is InChI=1S/C34H62N2O8/c1-34(2,3)29(37)24-26-44-27-25-35(4)30(38)23-22-28(33(42)43)36(5)31(39)20-18-16-14-12-10-8-6-7-9-11-13-15-17-19-21-32(40)41/h28H,6-27H2,1-5H3,(H,40,41)(H,42,43). The summed E-state index contributed by atoms with van der Waals surface area (Å²) >= 11 is 0. The number of aliphatic carboxylic acids is 2. The Morgan fingerprint density at radius 2 is 1.07 bits per heavy atom. The number of rotatable bonds is 28. The van der Waals surface area contributed by atoms with E-state index in [-0.39, 0.29) is 36.9 Å². The van der Waals surface area contributed by atoms with Gasteiger partial charge in [-0.1, -0.05) is 97.8 Å². The number of hydrogen-bond donors (Lipinski definition) is 2. The zero-order valence-electron chi connectivity index (χ0n) is 28.4. The van der Waals surface area contributed by atoms with Crippen LogP contribution >= 0.6 is 0 Å². The van der Waals surface area contributed by atoms with Crippen molar-refractivity contribution < 1.29 is 38.9 Å². The van der Waals surface area contributed by atoms with E-state index < -0.39 is 23.4 Å². The van der Waals surface area contributed by atoms with Crippen molar-refractivity contribution in [1.82, 2.24) is 9.80 Å². The summed E-state index contributed by atoms with van der Waals surface area (Å²) in [7, 11) is 3.13. The van der Waals surface area contributed by atoms with Gasteiger partial charge in [-0.2, -0.15) is 0 Å². The average molecular weight is 627 g/mol. The number of unbranched alkanes of at least 4 members (excludes halogenated alkanes) is 13. The SMILES string of the molecule is CN(CCOCCC(=O)C(C)(C)C)C(=O)CCC(C(=O)O)N(C)C(=O)CCCCCCCCCCCCCCCCC(=O)O. The number of hydrogen-bond acceptors (Lipinski definition) is 6. The highest BCUT2D eigenvalue weighted by Gasteiger charge is 2.27. The second kappa shape index (κ2) is 24.8. The number of nitrogens with zero attached hydrogens (tertiary/aromatic N) is 2. The summed E-state index contributed by atoms with van der Waals surface area (Å²) in [6.07, 6.45) is 16.3. The van der Waals surface area contributed by atoms with Crippen LogP contribution in [0.3, 0.4) is 0 Å². The smallest absolute Gasteiger partial charge is 0.326 e. The predicted octanol–water partition coefficient (Wildman–Crippen LogP) is 6.48. The molecule has 0 aliphatic rings. The van der Waals surface area contributed by atoms with E-state index in [1.54, 1.807) is 7.05 Å². The molecule has 44 heavy (non-hydrogen) atoms. The van der Waals surface area contributed by atoms with Crippen LogP contribution in [0.1, 0.15) is 143 Å². The van der Waals surface area contributed by atoms with Crippen LogP contribution in [0.4, 0.5) is 0 Å². The molecule has 0 saturated heterocycles. The maximum absolute atomic E-state index is 12.6. The van der Waals surface area contributed by atoms with E-state index in [1.807, 2.05) is 20.8 Å². The molecule has 0 fully saturated rings. The van der Waals surface area contributed by atoms with Crippen molar-refractivity contribution >= 4 is 29.5 Å². The van der Waals surface area contributed by atoms with Crippen LogP contribution in [0.2, 0.25) is 0 Å². The zero-order valence-corrected chi connectivity index (χ0v) is 28.4. The Hall–Kier alpha value is -2.49. The van der Waals surface area contributed by atoms with E-state index in [1.165, 1.54) is 61.8 Å². The van der Waals surface area contributed by atoms with Gasteiger partial charge >= 0.3 is 11.9 Å². The van der Waals surface area contributed by atoms with Crippen LogP contribution in [0.15, 0.2) is 0 Å². The summed E-state index contributed by atoms with van der Waals surface area (Å²) in [6.45, 7) is 6.53. The number of carbonyl (C=O) groups excluding carboxylic acids is 3. The van der Waals surface area contributed by atoms with E-state index in [4.69, 9.17) is 9.84 Å². The van der Waals surface area contributed by atoms with Crippen molar-refractivity contribution in [3.8, 4) is 0 Å². The molecule has 0 rings (SSSR count). The van der Waals surface area contributed by atoms with Crippen LogP contribution in [0, 0.1) is 5.41 Å². The van der Waals surface area contributed by atoms with E-state index in [0.717, 1.165) is 44.9 Å². The lowest BCUT2D eigenvalue weighted by atomic mass is 9.89. The molecule has 0 saturated carbocycles. The van der Waals surface area contributed by atoms with Crippen LogP contribution in [0.25, 0.3) is 0 Å². The van der Waals surface area contributed by atoms with Gasteiger partial charge < -0.3 is 24.7 Å². The first-order valence-electron chi connectivity index (χ1n) is 16.8. The topological polar surface area (TPSA) is 142 Å². The minimum atomic E-state index is -1.11. The molecule has 2 amide bonds. The fourth-order valence-electron chi connectivity index (χ4n) is 4.93. The molecule has 0 bridgehead atoms. The Kier molecular flexibility index (Phi) is 23.4. The second-order valence-corrected chi connectivity index (χ2v) is 13.1. The summed E-state index contributed by atoms with van der Waals surface area (Å²) in [4.78, 5) is 62.2. The molecular weight excluding hydrogens is 564 g/mol. The Bertz CT molecular complexity index is 840. The highest BCUT2D eigenvalue weighted by Crippen LogP contribution is 2.17. The molecule has 0 aliphatic heterocycles. The van der Waals surface area contributed by atoms with Gasteiger partial charge in [-0.25, -0.2) is 4.79 Å². The highest BCUT2D eigenvalue weighted by molar-refractivity contribution is 5.84. The number of carbonyl (C=O) groups is 5. The number of carboxylic acid groups (broad SMARTS) is 2. The molecule has 10 nitrogen and oxygen atoms in total. The van der Waals surface area contributed by atoms with Gasteiger partial charge in [-0.3, -0.25) is 19.2 Å². The van der Waals surface area contributed by atoms with Crippen molar-refractivity contribution in [3.63, 3.8) is 0 Å². The third kappa shape index (κ3) is 22.1. The zero-order chi connectivity index (χ0) is 33.4. The number of carboxylic acids is 2. The van der Waals surface area contributed by atoms with Crippen molar-refractivity contribution in [2.45, 2.75) is 149 Å². The lowest BCUT2D eigenvalue weighted by Crippen LogP contribution is -2.43. The van der Waals surface area contributed by atoms with Crippen LogP contribution in [0.5, 0.6) is 0 Å². The van der Waals surface area contributed by atoms with Gasteiger partial charge in [-0.05, 0) is 19.3 Å². The van der Waals surface area contributed by atoms with Gasteiger partial charge in [-0.15, -0.1) is 0 Å². The number of ketones is 1. The maximum Gasteiger partial charge on any atom is 0.326 e. The number of ether oxygens (including phenoxy) is 1. The molecule has 0 aromatic carbocycles. The molecule has 0 radical (unpaired) electrons. The Labute approximate surface area is 266 Å². The van der Waals surface area contributed by atoms with Gasteiger partial charge in [0.25, 0.3) is 0 Å². The highest BCUT2D eigenvalue weighted by atomic mass is 16.5. The fraction of sp³-hybridized carbons (Fsp3) is 0.853. The van der Waals surface area contributed by atoms with Crippen LogP contribution in [-0.4, -0.2) is 89.4 Å². The molecule has 2 N–H and O–H groups in total. The second-order valence-electron chi connectivity index (χ2n) is 13.1. The summed E-state index contributed by atoms with van der Waals surface area (Å²) in [6, 6.07) is -1.04. The number of likely N-dealkylation sites (N-methyl/N-ethyl adjacent to an activating group) is 2. The Morgan fingerprint density at radius 3 is 1.50 bits per heavy atom. The largest absolute Gasteiger partial charge is 0.481 e. The molecular formula is C34H62N2O8. The molecule has 1 unspecified atom stereocenters. The monoisotopic (exact) mass is 626 g/mol. The molecule has 256 valence electrons. The summed E-state index contributed by atoms with van der Waals surface area (Å²) < 4.78 is 5.49. The Morgan fingerprint density at radius 1 is 0.614 bits per heavy atom. The predicted molar refractivity (Wildman–Crippen MR) is 172 cm³/mol. The third-order valence-electron chi connectivity index (χ3n) is 8.12. The van der Waals surface area contributed by atoms with Crippen LogP contribution < -0.4 is 0 Å². The number of amides is 2. The van der Waals surface area contributed by atoms with Gasteiger partial charge in [0.1, 0.15) is 11.8 Å². The minimum Gasteiger partial charge on any atom is -0.481 e. The fourth-order valence-corrected chi connectivity index (χ4v) is 4.93. The van der Waals surface area contributed by atoms with Gasteiger partial charge in [0.15, 0.2) is 0 Å². The lowest BCUT2D eigenvalue weighted by molar-refractivity contribution is -0.149. The number of Topliss-reactive ketones (excluding diaryl/α,β-unsaturated/α-hetero) is 1. The van der Waals surface area contributed by atoms with Crippen molar-refractivity contribution in [3.05, 3.63) is 0 Å². The summed E-state index contributed by atoms with van der Waals surface area (Å²) in [5.74, 6) is -2.12. The lowest BCUT2D eigenvalue weighted by Gasteiger charge is -2.26. The molecule has 0 spiro atoms. The van der Waals surface area contributed by atoms with Crippen molar-refractivity contribution in [1.29, 1.82) is 0 Å². The summed E-state index contributed by atoms with van der Waals surface area (Å²) in [5, 5.41) is 18.3. The molecule has 1 atom stereocenters. The van der Waals surface area contributed by atoms with Gasteiger partial charge in [0.2, 0.25) is 11.8 Å². The third-order valence-corrected chi connectivity index (χ3v) is 8.12. The van der Waals surface area contributed by atoms with E-state index >= 15 is 0 Å². The van der Waals surface area contributed by atoms with Crippen molar-refractivity contribution in [2.75, 3.05) is 33.9 Å². The van der Waals surface area contributed by atoms with E-state index in [9.17, 15) is 29.1 Å². The van der Waals surface area contributed by atoms with Gasteiger partial charge in [0.05, 0.1) is 13.2 Å². The normalized spacial score (nSPS) is 12.1. The first kappa shape index (κ1) is 41.5. The quantitative estimate of drug-likeness (QED) is 0.0940. The maximum atomic E-state index is 12.6.